The van der Waals surface area contributed by atoms with Crippen molar-refractivity contribution in [1.29, 1.82) is 0 Å². The highest BCUT2D eigenvalue weighted by molar-refractivity contribution is 7.97. The van der Waals surface area contributed by atoms with E-state index in [0.717, 1.165) is 44.2 Å². The molecule has 278 valence electrons. The number of nitrogens with one attached hydrogen (secondary N) is 2. The molecule has 1 saturated heterocycles. The van der Waals surface area contributed by atoms with Crippen molar-refractivity contribution in [2.24, 2.45) is 11.3 Å². The third-order valence-electron chi connectivity index (χ3n) is 9.05. The summed E-state index contributed by atoms with van der Waals surface area (Å²) in [4.78, 5) is 36.3. The molecule has 5 rings (SSSR count). The van der Waals surface area contributed by atoms with Crippen LogP contribution in [-0.2, 0) is 4.74 Å². The van der Waals surface area contributed by atoms with E-state index in [4.69, 9.17) is 21.1 Å². The predicted octanol–water partition coefficient (Wildman–Crippen LogP) is 8.48. The summed E-state index contributed by atoms with van der Waals surface area (Å²) in [7, 11) is 0. The summed E-state index contributed by atoms with van der Waals surface area (Å²) in [5.74, 6) is 1.12. The zero-order chi connectivity index (χ0) is 37.0. The molecule has 3 aromatic rings. The number of hydrogen-bond acceptors (Lipinski definition) is 9. The monoisotopic (exact) mass is 751 g/mol. The van der Waals surface area contributed by atoms with Crippen LogP contribution in [0.4, 0.5) is 23.8 Å². The molecule has 2 fully saturated rings. The number of alkyl halides is 3. The van der Waals surface area contributed by atoms with E-state index in [2.05, 4.69) is 39.0 Å². The van der Waals surface area contributed by atoms with E-state index in [0.29, 0.717) is 29.1 Å². The van der Waals surface area contributed by atoms with Crippen molar-refractivity contribution in [3.8, 4) is 11.7 Å². The smallest absolute Gasteiger partial charge is 0.410 e. The molecular weight excluding hydrogens is 707 g/mol. The van der Waals surface area contributed by atoms with E-state index in [1.807, 2.05) is 37.8 Å². The number of aromatic nitrogens is 4. The second kappa shape index (κ2) is 15.5. The zero-order valence-corrected chi connectivity index (χ0v) is 31.1. The molecule has 11 nitrogen and oxygen atoms in total. The van der Waals surface area contributed by atoms with Gasteiger partial charge in [-0.2, -0.15) is 13.2 Å². The lowest BCUT2D eigenvalue weighted by Crippen LogP contribution is -2.45. The van der Waals surface area contributed by atoms with Gasteiger partial charge in [-0.1, -0.05) is 24.1 Å². The molecule has 4 heterocycles. The second-order valence-electron chi connectivity index (χ2n) is 14.8. The number of carbonyl (C=O) groups is 2. The second-order valence-corrected chi connectivity index (χ2v) is 16.0. The van der Waals surface area contributed by atoms with Crippen molar-refractivity contribution in [2.75, 3.05) is 25.0 Å². The molecule has 2 aliphatic rings. The molecule has 0 spiro atoms. The number of anilines is 1. The molecule has 0 aromatic carbocycles. The highest BCUT2D eigenvalue weighted by Crippen LogP contribution is 2.59. The average Bonchev–Trinajstić information content (AvgIpc) is 3.59. The maximum Gasteiger partial charge on any atom is 0.410 e. The summed E-state index contributed by atoms with van der Waals surface area (Å²) in [5.41, 5.74) is -2.25. The van der Waals surface area contributed by atoms with E-state index in [9.17, 15) is 22.8 Å². The van der Waals surface area contributed by atoms with Crippen molar-refractivity contribution < 1.29 is 32.2 Å². The Morgan fingerprint density at radius 2 is 1.84 bits per heavy atom. The van der Waals surface area contributed by atoms with Crippen LogP contribution in [0.3, 0.4) is 0 Å². The molecule has 2 N–H and O–H groups in total. The lowest BCUT2D eigenvalue weighted by molar-refractivity contribution is -0.190. The fourth-order valence-electron chi connectivity index (χ4n) is 6.13. The lowest BCUT2D eigenvalue weighted by atomic mass is 9.93. The van der Waals surface area contributed by atoms with Crippen molar-refractivity contribution in [1.82, 2.24) is 29.4 Å². The van der Waals surface area contributed by atoms with Crippen molar-refractivity contribution >= 4 is 41.4 Å². The van der Waals surface area contributed by atoms with Crippen molar-refractivity contribution in [2.45, 2.75) is 102 Å². The molecule has 2 amide bonds. The molecule has 3 aromatic heterocycles. The highest BCUT2D eigenvalue weighted by Gasteiger charge is 2.62. The van der Waals surface area contributed by atoms with Crippen LogP contribution in [0.25, 0.3) is 5.82 Å². The topological polar surface area (TPSA) is 124 Å². The van der Waals surface area contributed by atoms with Gasteiger partial charge in [-0.25, -0.2) is 19.4 Å². The summed E-state index contributed by atoms with van der Waals surface area (Å²) < 4.78 is 54.6. The van der Waals surface area contributed by atoms with Gasteiger partial charge in [-0.15, -0.1) is 5.10 Å². The number of ether oxygens (including phenoxy) is 2. The van der Waals surface area contributed by atoms with Crippen LogP contribution in [0.15, 0.2) is 47.6 Å². The first-order chi connectivity index (χ1) is 23.9. The first-order valence-electron chi connectivity index (χ1n) is 17.1. The molecule has 1 aliphatic carbocycles. The van der Waals surface area contributed by atoms with Gasteiger partial charge in [-0.3, -0.25) is 9.52 Å². The van der Waals surface area contributed by atoms with Gasteiger partial charge in [-0.05, 0) is 103 Å². The Kier molecular flexibility index (Phi) is 11.7. The Morgan fingerprint density at radius 3 is 2.53 bits per heavy atom. The Balaban J connectivity index is 1.03. The normalized spacial score (nSPS) is 18.0. The molecule has 0 bridgehead atoms. The molecule has 0 radical (unpaired) electrons. The Bertz CT molecular complexity index is 1690. The van der Waals surface area contributed by atoms with E-state index >= 15 is 0 Å². The minimum atomic E-state index is -4.23. The first-order valence-corrected chi connectivity index (χ1v) is 18.3. The van der Waals surface area contributed by atoms with Gasteiger partial charge in [0.15, 0.2) is 5.82 Å². The summed E-state index contributed by atoms with van der Waals surface area (Å²) >= 11 is 7.39. The summed E-state index contributed by atoms with van der Waals surface area (Å²) in [6.07, 6.45) is 1.10. The number of hydrogen-bond donors (Lipinski definition) is 2. The molecule has 16 heteroatoms. The minimum absolute atomic E-state index is 0.0495. The fraction of sp³-hybridized carbons (Fsp3) is 0.571. The summed E-state index contributed by atoms with van der Waals surface area (Å²) in [5, 5.41) is 8.08. The van der Waals surface area contributed by atoms with Gasteiger partial charge >= 0.3 is 12.3 Å². The van der Waals surface area contributed by atoms with E-state index in [-0.39, 0.29) is 54.1 Å². The number of amides is 2. The maximum atomic E-state index is 13.2. The van der Waals surface area contributed by atoms with Crippen LogP contribution >= 0.6 is 23.5 Å². The van der Waals surface area contributed by atoms with Crippen LogP contribution in [-0.4, -0.2) is 73.7 Å². The highest BCUT2D eigenvalue weighted by atomic mass is 35.5. The van der Waals surface area contributed by atoms with E-state index < -0.39 is 23.1 Å². The van der Waals surface area contributed by atoms with Gasteiger partial charge in [0.05, 0.1) is 17.6 Å². The van der Waals surface area contributed by atoms with Crippen LogP contribution in [0.1, 0.15) is 89.9 Å². The van der Waals surface area contributed by atoms with Crippen LogP contribution in [0, 0.1) is 11.3 Å². The third kappa shape index (κ3) is 10.2. The molecule has 1 saturated carbocycles. The summed E-state index contributed by atoms with van der Waals surface area (Å²) in [6, 6.07) is 10.1. The van der Waals surface area contributed by atoms with Crippen LogP contribution < -0.4 is 14.8 Å². The molecule has 51 heavy (non-hydrogen) atoms. The van der Waals surface area contributed by atoms with Gasteiger partial charge in [0, 0.05) is 42.8 Å². The number of carbonyl (C=O) groups excluding carboxylic acids is 2. The first kappa shape index (κ1) is 38.5. The number of likely N-dealkylation sites (tertiary alicyclic amines) is 1. The Labute approximate surface area is 305 Å². The SMILES string of the molecule is CC(C)(C)OC(=O)N1CC(CCCCNc2cccc(SNC(=O)c3ccc(-n4ccc(OCCC5(C(F)(F)F)CC5)n4)nc3Cl)n2)CC1(C)C. The Morgan fingerprint density at radius 1 is 1.08 bits per heavy atom. The predicted molar refractivity (Wildman–Crippen MR) is 189 cm³/mol. The molecular formula is C35H45ClF3N7O4S. The Hall–Kier alpha value is -3.72. The number of pyridine rings is 2. The quantitative estimate of drug-likeness (QED) is 0.0949. The molecule has 1 aliphatic heterocycles. The largest absolute Gasteiger partial charge is 0.477 e. The average molecular weight is 752 g/mol. The van der Waals surface area contributed by atoms with Gasteiger partial charge < -0.3 is 19.7 Å². The number of halogens is 4. The maximum absolute atomic E-state index is 13.2. The van der Waals surface area contributed by atoms with Gasteiger partial charge in [0.1, 0.15) is 21.6 Å². The van der Waals surface area contributed by atoms with Gasteiger partial charge in [0.2, 0.25) is 5.88 Å². The standard InChI is InChI=1S/C35H45ClF3N7O4S/c1-32(2,3)50-31(48)45-22-23(21-33(45,4)5)9-6-7-18-40-25-10-8-11-28(41-25)51-44-30(47)24-12-13-26(42-29(24)36)46-19-14-27(43-46)49-20-17-34(15-16-34)35(37,38)39/h8,10-14,19,23H,6-7,9,15-18,20-22H2,1-5H3,(H,40,41)(H,44,47). The zero-order valence-electron chi connectivity index (χ0n) is 29.5. The van der Waals surface area contributed by atoms with Crippen molar-refractivity contribution in [3.05, 3.63) is 53.3 Å². The van der Waals surface area contributed by atoms with E-state index in [1.165, 1.54) is 16.8 Å². The minimum Gasteiger partial charge on any atom is -0.477 e. The number of unbranched alkanes of at least 4 members (excludes halogenated alkanes) is 1. The molecule has 1 atom stereocenters. The molecule has 1 unspecified atom stereocenters. The lowest BCUT2D eigenvalue weighted by Gasteiger charge is -2.33. The third-order valence-corrected chi connectivity index (χ3v) is 10.1. The fourth-order valence-corrected chi connectivity index (χ4v) is 6.96. The van der Waals surface area contributed by atoms with Crippen LogP contribution in [0.5, 0.6) is 5.88 Å². The number of rotatable bonds is 14. The number of nitrogens with zero attached hydrogens (tertiary/aromatic N) is 5. The summed E-state index contributed by atoms with van der Waals surface area (Å²) in [6.45, 7) is 11.2. The van der Waals surface area contributed by atoms with Crippen molar-refractivity contribution in [3.63, 3.8) is 0 Å². The van der Waals surface area contributed by atoms with Crippen LogP contribution in [0.2, 0.25) is 5.15 Å². The van der Waals surface area contributed by atoms with Gasteiger partial charge in [0.25, 0.3) is 5.91 Å². The van der Waals surface area contributed by atoms with E-state index in [1.54, 1.807) is 18.3 Å².